The van der Waals surface area contributed by atoms with Crippen LogP contribution in [0.1, 0.15) is 6.42 Å². The number of ether oxygens (including phenoxy) is 2. The highest BCUT2D eigenvalue weighted by atomic mass is 127. The summed E-state index contributed by atoms with van der Waals surface area (Å²) in [6.45, 7) is 2.26. The lowest BCUT2D eigenvalue weighted by Crippen LogP contribution is -2.25. The monoisotopic (exact) mass is 372 g/mol. The van der Waals surface area contributed by atoms with Crippen molar-refractivity contribution in [2.75, 3.05) is 26.9 Å². The van der Waals surface area contributed by atoms with Gasteiger partial charge in [0.15, 0.2) is 0 Å². The van der Waals surface area contributed by atoms with Gasteiger partial charge < -0.3 is 9.47 Å². The fourth-order valence-electron chi connectivity index (χ4n) is 1.17. The molecule has 0 aliphatic rings. The summed E-state index contributed by atoms with van der Waals surface area (Å²) in [6.07, 6.45) is 2.28. The van der Waals surface area contributed by atoms with Crippen LogP contribution in [-0.4, -0.2) is 36.5 Å². The first kappa shape index (κ1) is 14.9. The van der Waals surface area contributed by atoms with Crippen LogP contribution in [0.15, 0.2) is 11.1 Å². The topological polar surface area (TPSA) is 53.4 Å². The van der Waals surface area contributed by atoms with Crippen LogP contribution in [0.4, 0.5) is 0 Å². The molecule has 0 atom stereocenters. The van der Waals surface area contributed by atoms with Crippen molar-refractivity contribution in [2.24, 2.45) is 0 Å². The SMILES string of the molecule is COCCCOCCn1cnc(Cl)c(I)c1=O. The van der Waals surface area contributed by atoms with Crippen LogP contribution in [0.3, 0.4) is 0 Å². The smallest absolute Gasteiger partial charge is 0.268 e. The minimum absolute atomic E-state index is 0.133. The molecule has 0 radical (unpaired) electrons. The second-order valence-corrected chi connectivity index (χ2v) is 4.74. The summed E-state index contributed by atoms with van der Waals surface area (Å²) in [6, 6.07) is 0. The molecule has 0 saturated heterocycles. The molecule has 0 amide bonds. The van der Waals surface area contributed by atoms with Gasteiger partial charge in [-0.3, -0.25) is 9.36 Å². The average Bonchev–Trinajstić information content (AvgIpc) is 2.33. The lowest BCUT2D eigenvalue weighted by atomic mass is 10.5. The summed E-state index contributed by atoms with van der Waals surface area (Å²) in [5.41, 5.74) is -0.133. The molecule has 0 N–H and O–H groups in total. The van der Waals surface area contributed by atoms with Gasteiger partial charge in [-0.25, -0.2) is 4.98 Å². The molecule has 0 unspecified atom stereocenters. The molecule has 17 heavy (non-hydrogen) atoms. The number of hydrogen-bond donors (Lipinski definition) is 0. The Balaban J connectivity index is 2.37. The Bertz CT molecular complexity index is 411. The normalized spacial score (nSPS) is 10.8. The average molecular weight is 373 g/mol. The van der Waals surface area contributed by atoms with E-state index in [9.17, 15) is 4.79 Å². The molecule has 0 aromatic carbocycles. The zero-order valence-electron chi connectivity index (χ0n) is 9.49. The van der Waals surface area contributed by atoms with Gasteiger partial charge in [0.05, 0.1) is 19.5 Å². The van der Waals surface area contributed by atoms with E-state index in [-0.39, 0.29) is 10.7 Å². The summed E-state index contributed by atoms with van der Waals surface area (Å²) >= 11 is 7.62. The van der Waals surface area contributed by atoms with Gasteiger partial charge in [-0.05, 0) is 29.0 Å². The minimum atomic E-state index is -0.133. The van der Waals surface area contributed by atoms with Crippen LogP contribution in [-0.2, 0) is 16.0 Å². The Kier molecular flexibility index (Phi) is 7.02. The Hall–Kier alpha value is -0.180. The van der Waals surface area contributed by atoms with E-state index < -0.39 is 0 Å². The van der Waals surface area contributed by atoms with Crippen molar-refractivity contribution in [3.8, 4) is 0 Å². The predicted molar refractivity (Wildman–Crippen MR) is 73.5 cm³/mol. The number of aromatic nitrogens is 2. The molecular weight excluding hydrogens is 358 g/mol. The maximum Gasteiger partial charge on any atom is 0.268 e. The van der Waals surface area contributed by atoms with Crippen molar-refractivity contribution in [1.82, 2.24) is 9.55 Å². The second kappa shape index (κ2) is 8.02. The van der Waals surface area contributed by atoms with Crippen molar-refractivity contribution in [3.05, 3.63) is 25.4 Å². The third-order valence-electron chi connectivity index (χ3n) is 2.05. The van der Waals surface area contributed by atoms with Crippen LogP contribution >= 0.6 is 34.2 Å². The standard InChI is InChI=1S/C10H14ClIN2O3/c1-16-4-2-5-17-6-3-14-7-13-9(11)8(12)10(14)15/h7H,2-6H2,1H3. The van der Waals surface area contributed by atoms with E-state index in [4.69, 9.17) is 21.1 Å². The van der Waals surface area contributed by atoms with Crippen molar-refractivity contribution >= 4 is 34.2 Å². The molecule has 5 nitrogen and oxygen atoms in total. The van der Waals surface area contributed by atoms with Gasteiger partial charge in [0.1, 0.15) is 8.72 Å². The zero-order valence-corrected chi connectivity index (χ0v) is 12.4. The van der Waals surface area contributed by atoms with Gasteiger partial charge in [-0.15, -0.1) is 0 Å². The lowest BCUT2D eigenvalue weighted by Gasteiger charge is -2.07. The van der Waals surface area contributed by atoms with E-state index in [2.05, 4.69) is 4.98 Å². The zero-order chi connectivity index (χ0) is 12.7. The first-order chi connectivity index (χ1) is 8.16. The van der Waals surface area contributed by atoms with E-state index >= 15 is 0 Å². The van der Waals surface area contributed by atoms with E-state index in [1.807, 2.05) is 22.6 Å². The number of hydrogen-bond acceptors (Lipinski definition) is 4. The summed E-state index contributed by atoms with van der Waals surface area (Å²) in [4.78, 5) is 15.6. The Morgan fingerprint density at radius 2 is 2.24 bits per heavy atom. The number of nitrogens with zero attached hydrogens (tertiary/aromatic N) is 2. The molecule has 1 rings (SSSR count). The summed E-state index contributed by atoms with van der Waals surface area (Å²) in [5, 5.41) is 0.243. The Labute approximate surface area is 118 Å². The van der Waals surface area contributed by atoms with E-state index in [0.717, 1.165) is 6.42 Å². The van der Waals surface area contributed by atoms with E-state index in [0.29, 0.717) is 29.9 Å². The Morgan fingerprint density at radius 1 is 1.47 bits per heavy atom. The molecular formula is C10H14ClIN2O3. The van der Waals surface area contributed by atoms with Crippen molar-refractivity contribution in [2.45, 2.75) is 13.0 Å². The minimum Gasteiger partial charge on any atom is -0.385 e. The van der Waals surface area contributed by atoms with Crippen molar-refractivity contribution < 1.29 is 9.47 Å². The fraction of sp³-hybridized carbons (Fsp3) is 0.600. The van der Waals surface area contributed by atoms with Crippen LogP contribution < -0.4 is 5.56 Å². The summed E-state index contributed by atoms with van der Waals surface area (Å²) in [7, 11) is 1.65. The summed E-state index contributed by atoms with van der Waals surface area (Å²) < 4.78 is 12.2. The molecule has 96 valence electrons. The van der Waals surface area contributed by atoms with Crippen molar-refractivity contribution in [3.63, 3.8) is 0 Å². The van der Waals surface area contributed by atoms with E-state index in [1.54, 1.807) is 7.11 Å². The van der Waals surface area contributed by atoms with Crippen LogP contribution in [0.25, 0.3) is 0 Å². The number of halogens is 2. The first-order valence-electron chi connectivity index (χ1n) is 5.14. The molecule has 1 heterocycles. The van der Waals surface area contributed by atoms with Crippen LogP contribution in [0, 0.1) is 3.57 Å². The van der Waals surface area contributed by atoms with Gasteiger partial charge in [0, 0.05) is 20.3 Å². The molecule has 0 saturated carbocycles. The number of rotatable bonds is 7. The fourth-order valence-corrected chi connectivity index (χ4v) is 1.75. The van der Waals surface area contributed by atoms with Crippen molar-refractivity contribution in [1.29, 1.82) is 0 Å². The molecule has 0 aliphatic carbocycles. The van der Waals surface area contributed by atoms with Gasteiger partial charge in [0.25, 0.3) is 5.56 Å². The molecule has 0 fully saturated rings. The molecule has 0 aliphatic heterocycles. The summed E-state index contributed by atoms with van der Waals surface area (Å²) in [5.74, 6) is 0. The molecule has 0 spiro atoms. The third-order valence-corrected chi connectivity index (χ3v) is 3.63. The maximum atomic E-state index is 11.7. The highest BCUT2D eigenvalue weighted by molar-refractivity contribution is 14.1. The predicted octanol–water partition coefficient (Wildman–Crippen LogP) is 1.55. The van der Waals surface area contributed by atoms with Crippen LogP contribution in [0.2, 0.25) is 5.15 Å². The molecule has 1 aromatic heterocycles. The van der Waals surface area contributed by atoms with E-state index in [1.165, 1.54) is 10.9 Å². The number of methoxy groups -OCH3 is 1. The van der Waals surface area contributed by atoms with Gasteiger partial charge in [-0.1, -0.05) is 11.6 Å². The Morgan fingerprint density at radius 3 is 2.94 bits per heavy atom. The van der Waals surface area contributed by atoms with Gasteiger partial charge in [0.2, 0.25) is 0 Å². The molecule has 7 heteroatoms. The van der Waals surface area contributed by atoms with Gasteiger partial charge in [-0.2, -0.15) is 0 Å². The third kappa shape index (κ3) is 4.90. The highest BCUT2D eigenvalue weighted by Gasteiger charge is 2.06. The molecule has 0 bridgehead atoms. The first-order valence-corrected chi connectivity index (χ1v) is 6.59. The quantitative estimate of drug-likeness (QED) is 0.414. The van der Waals surface area contributed by atoms with Gasteiger partial charge >= 0.3 is 0 Å². The lowest BCUT2D eigenvalue weighted by molar-refractivity contribution is 0.0970. The molecule has 1 aromatic rings. The second-order valence-electron chi connectivity index (χ2n) is 3.31. The van der Waals surface area contributed by atoms with Crippen LogP contribution in [0.5, 0.6) is 0 Å². The maximum absolute atomic E-state index is 11.7. The largest absolute Gasteiger partial charge is 0.385 e. The highest BCUT2D eigenvalue weighted by Crippen LogP contribution is 2.09.